The van der Waals surface area contributed by atoms with Crippen molar-refractivity contribution in [3.63, 3.8) is 0 Å². The molecule has 0 fully saturated rings. The van der Waals surface area contributed by atoms with Crippen LogP contribution in [0.25, 0.3) is 11.1 Å². The zero-order valence-electron chi connectivity index (χ0n) is 27.0. The number of hydrogen-bond donors (Lipinski definition) is 0. The molecule has 2 aromatic rings. The number of benzene rings is 2. The maximum absolute atomic E-state index is 2.48. The van der Waals surface area contributed by atoms with Gasteiger partial charge in [0.05, 0.1) is 40.3 Å². The Hall–Kier alpha value is -1.06. The number of rotatable bonds is 21. The van der Waals surface area contributed by atoms with Crippen LogP contribution in [0.15, 0.2) is 48.5 Å². The number of halogens is 2. The van der Waals surface area contributed by atoms with E-state index in [0.29, 0.717) is 0 Å². The van der Waals surface area contributed by atoms with Gasteiger partial charge in [-0.25, -0.2) is 0 Å². The Bertz CT molecular complexity index is 794. The van der Waals surface area contributed by atoms with Gasteiger partial charge in [-0.15, -0.1) is 0 Å². The standard InChI is InChI=1S/C36H62N2.2ClH/c1-7-11-15-17-29-37(5,27-13-9-3)31-33-19-23-35(24-20-33)36-25-21-34(22-26-36)32-38(6,28-14-10-4)30-18-16-12-8-2;;/h19-26H,7-18,27-32H2,1-6H3;2*1H/q+2;;/p-2. The van der Waals surface area contributed by atoms with Gasteiger partial charge in [-0.3, -0.25) is 0 Å². The Kier molecular flexibility index (Phi) is 21.0. The monoisotopic (exact) mass is 592 g/mol. The van der Waals surface area contributed by atoms with Crippen molar-refractivity contribution in [2.45, 2.75) is 118 Å². The predicted octanol–water partition coefficient (Wildman–Crippen LogP) is 4.02. The van der Waals surface area contributed by atoms with Crippen LogP contribution in [0.5, 0.6) is 0 Å². The van der Waals surface area contributed by atoms with Crippen molar-refractivity contribution in [1.82, 2.24) is 0 Å². The third-order valence-corrected chi connectivity index (χ3v) is 8.58. The average Bonchev–Trinajstić information content (AvgIpc) is 2.92. The van der Waals surface area contributed by atoms with Crippen LogP contribution in [0.2, 0.25) is 0 Å². The molecule has 0 aliphatic rings. The van der Waals surface area contributed by atoms with Crippen LogP contribution < -0.4 is 24.8 Å². The van der Waals surface area contributed by atoms with Crippen LogP contribution in [-0.4, -0.2) is 49.2 Å². The summed E-state index contributed by atoms with van der Waals surface area (Å²) in [6.45, 7) is 16.7. The summed E-state index contributed by atoms with van der Waals surface area (Å²) in [6.07, 6.45) is 16.1. The second-order valence-electron chi connectivity index (χ2n) is 12.7. The Morgan fingerprint density at radius 2 is 0.700 bits per heavy atom. The summed E-state index contributed by atoms with van der Waals surface area (Å²) in [5.41, 5.74) is 5.64. The van der Waals surface area contributed by atoms with Crippen molar-refractivity contribution in [3.05, 3.63) is 59.7 Å². The van der Waals surface area contributed by atoms with Gasteiger partial charge in [-0.2, -0.15) is 0 Å². The van der Waals surface area contributed by atoms with Gasteiger partial charge in [-0.1, -0.05) is 115 Å². The molecule has 230 valence electrons. The summed E-state index contributed by atoms with van der Waals surface area (Å²) in [6, 6.07) is 18.9. The Morgan fingerprint density at radius 1 is 0.400 bits per heavy atom. The van der Waals surface area contributed by atoms with Crippen molar-refractivity contribution in [1.29, 1.82) is 0 Å². The smallest absolute Gasteiger partial charge is 0.104 e. The van der Waals surface area contributed by atoms with Gasteiger partial charge in [0, 0.05) is 11.1 Å². The van der Waals surface area contributed by atoms with Crippen LogP contribution in [0.4, 0.5) is 0 Å². The largest absolute Gasteiger partial charge is 1.00 e. The van der Waals surface area contributed by atoms with Crippen molar-refractivity contribution in [3.8, 4) is 11.1 Å². The molecule has 0 aliphatic heterocycles. The van der Waals surface area contributed by atoms with E-state index >= 15 is 0 Å². The molecule has 0 aliphatic carbocycles. The van der Waals surface area contributed by atoms with Crippen LogP contribution in [-0.2, 0) is 13.1 Å². The van der Waals surface area contributed by atoms with Crippen LogP contribution >= 0.6 is 0 Å². The summed E-state index contributed by atoms with van der Waals surface area (Å²) in [5, 5.41) is 0. The van der Waals surface area contributed by atoms with E-state index in [4.69, 9.17) is 0 Å². The molecule has 0 spiro atoms. The quantitative estimate of drug-likeness (QED) is 0.152. The molecule has 2 nitrogen and oxygen atoms in total. The summed E-state index contributed by atoms with van der Waals surface area (Å²) < 4.78 is 2.36. The molecule has 2 aromatic carbocycles. The van der Waals surface area contributed by atoms with Crippen molar-refractivity contribution in [2.75, 3.05) is 40.3 Å². The molecule has 2 unspecified atom stereocenters. The topological polar surface area (TPSA) is 0 Å². The first kappa shape index (κ1) is 38.9. The highest BCUT2D eigenvalue weighted by Crippen LogP contribution is 2.24. The number of unbranched alkanes of at least 4 members (excludes halogenated alkanes) is 8. The second kappa shape index (κ2) is 21.6. The second-order valence-corrected chi connectivity index (χ2v) is 12.7. The van der Waals surface area contributed by atoms with Crippen LogP contribution in [0.1, 0.15) is 116 Å². The van der Waals surface area contributed by atoms with Crippen LogP contribution in [0, 0.1) is 0 Å². The van der Waals surface area contributed by atoms with E-state index in [0.717, 1.165) is 13.1 Å². The lowest BCUT2D eigenvalue weighted by Crippen LogP contribution is -3.00. The van der Waals surface area contributed by atoms with Crippen LogP contribution in [0.3, 0.4) is 0 Å². The minimum atomic E-state index is 0. The van der Waals surface area contributed by atoms with Crippen molar-refractivity contribution in [2.24, 2.45) is 0 Å². The van der Waals surface area contributed by atoms with Crippen molar-refractivity contribution < 1.29 is 33.8 Å². The summed E-state index contributed by atoms with van der Waals surface area (Å²) in [4.78, 5) is 0. The Balaban J connectivity index is 0.00000760. The van der Waals surface area contributed by atoms with Gasteiger partial charge in [0.25, 0.3) is 0 Å². The average molecular weight is 594 g/mol. The third kappa shape index (κ3) is 14.7. The first-order chi connectivity index (χ1) is 18.4. The van der Waals surface area contributed by atoms with Gasteiger partial charge in [0.2, 0.25) is 0 Å². The molecule has 0 saturated carbocycles. The molecule has 0 aromatic heterocycles. The minimum Gasteiger partial charge on any atom is -1.00 e. The SMILES string of the molecule is CCCCCC[N+](C)(CCCC)Cc1ccc(-c2ccc(C[N+](C)(CCCC)CCCCCC)cc2)cc1.[Cl-].[Cl-]. The fourth-order valence-corrected chi connectivity index (χ4v) is 5.95. The van der Waals surface area contributed by atoms with E-state index in [1.807, 2.05) is 0 Å². The summed E-state index contributed by atoms with van der Waals surface area (Å²) in [7, 11) is 4.95. The summed E-state index contributed by atoms with van der Waals surface area (Å²) in [5.74, 6) is 0. The van der Waals surface area contributed by atoms with E-state index in [1.54, 1.807) is 0 Å². The Morgan fingerprint density at radius 3 is 1.00 bits per heavy atom. The highest BCUT2D eigenvalue weighted by molar-refractivity contribution is 5.63. The number of hydrogen-bond acceptors (Lipinski definition) is 0. The fraction of sp³-hybridized carbons (Fsp3) is 0.667. The maximum atomic E-state index is 2.48. The van der Waals surface area contributed by atoms with Gasteiger partial charge in [0.1, 0.15) is 13.1 Å². The van der Waals surface area contributed by atoms with E-state index in [2.05, 4.69) is 90.3 Å². The molecular formula is C36H62Cl2N2. The van der Waals surface area contributed by atoms with Gasteiger partial charge in [0.15, 0.2) is 0 Å². The normalized spacial score (nSPS) is 14.1. The van der Waals surface area contributed by atoms with E-state index < -0.39 is 0 Å². The lowest BCUT2D eigenvalue weighted by atomic mass is 10.0. The molecule has 4 heteroatoms. The molecule has 0 N–H and O–H groups in total. The predicted molar refractivity (Wildman–Crippen MR) is 169 cm³/mol. The number of quaternary nitrogens is 2. The van der Waals surface area contributed by atoms with Gasteiger partial charge >= 0.3 is 0 Å². The molecular weight excluding hydrogens is 531 g/mol. The van der Waals surface area contributed by atoms with Gasteiger partial charge in [-0.05, 0) is 49.7 Å². The molecule has 40 heavy (non-hydrogen) atoms. The lowest BCUT2D eigenvalue weighted by Gasteiger charge is -2.35. The molecule has 2 atom stereocenters. The van der Waals surface area contributed by atoms with Crippen molar-refractivity contribution >= 4 is 0 Å². The third-order valence-electron chi connectivity index (χ3n) is 8.58. The first-order valence-electron chi connectivity index (χ1n) is 16.2. The number of nitrogens with zero attached hydrogens (tertiary/aromatic N) is 2. The first-order valence-corrected chi connectivity index (χ1v) is 16.2. The molecule has 0 bridgehead atoms. The van der Waals surface area contributed by atoms with Gasteiger partial charge < -0.3 is 33.8 Å². The molecule has 0 radical (unpaired) electrons. The minimum absolute atomic E-state index is 0. The summed E-state index contributed by atoms with van der Waals surface area (Å²) >= 11 is 0. The molecule has 0 saturated heterocycles. The highest BCUT2D eigenvalue weighted by atomic mass is 35.5. The molecule has 2 rings (SSSR count). The van der Waals surface area contributed by atoms with E-state index in [1.165, 1.54) is 134 Å². The maximum Gasteiger partial charge on any atom is 0.104 e. The zero-order valence-corrected chi connectivity index (χ0v) is 28.5. The zero-order chi connectivity index (χ0) is 27.7. The fourth-order valence-electron chi connectivity index (χ4n) is 5.95. The molecule has 0 amide bonds. The Labute approximate surface area is 261 Å². The highest BCUT2D eigenvalue weighted by Gasteiger charge is 2.22. The van der Waals surface area contributed by atoms with E-state index in [-0.39, 0.29) is 24.8 Å². The lowest BCUT2D eigenvalue weighted by molar-refractivity contribution is -0.923. The molecule has 0 heterocycles. The van der Waals surface area contributed by atoms with E-state index in [9.17, 15) is 0 Å².